The predicted molar refractivity (Wildman–Crippen MR) is 67.3 cm³/mol. The van der Waals surface area contributed by atoms with E-state index in [0.29, 0.717) is 0 Å². The van der Waals surface area contributed by atoms with Crippen molar-refractivity contribution in [2.24, 2.45) is 0 Å². The fourth-order valence-corrected chi connectivity index (χ4v) is 2.11. The topological polar surface area (TPSA) is 63.6 Å². The molecule has 4 heteroatoms. The second-order valence-electron chi connectivity index (χ2n) is 4.27. The molecule has 0 aliphatic rings. The molecule has 0 heterocycles. The van der Waals surface area contributed by atoms with Crippen molar-refractivity contribution < 1.29 is 19.4 Å². The molecule has 0 saturated heterocycles. The molecule has 1 N–H and O–H groups in total. The van der Waals surface area contributed by atoms with Crippen LogP contribution in [0.2, 0.25) is 0 Å². The summed E-state index contributed by atoms with van der Waals surface area (Å²) in [5.41, 5.74) is -0.671. The Balaban J connectivity index is 3.18. The van der Waals surface area contributed by atoms with E-state index in [2.05, 4.69) is 0 Å². The Morgan fingerprint density at radius 3 is 2.28 bits per heavy atom. The van der Waals surface area contributed by atoms with Gasteiger partial charge in [-0.3, -0.25) is 4.79 Å². The Bertz CT molecular complexity index is 427. The number of esters is 1. The van der Waals surface area contributed by atoms with Gasteiger partial charge in [-0.05, 0) is 12.0 Å². The van der Waals surface area contributed by atoms with Crippen LogP contribution >= 0.6 is 0 Å². The quantitative estimate of drug-likeness (QED) is 0.816. The first-order valence-corrected chi connectivity index (χ1v) is 5.92. The fraction of sp³-hybridized carbons (Fsp3) is 0.429. The van der Waals surface area contributed by atoms with Crippen LogP contribution in [0, 0.1) is 0 Å². The summed E-state index contributed by atoms with van der Waals surface area (Å²) in [6, 6.07) is 9.20. The van der Waals surface area contributed by atoms with E-state index in [4.69, 9.17) is 4.74 Å². The first-order valence-electron chi connectivity index (χ1n) is 5.92. The Morgan fingerprint density at radius 2 is 1.89 bits per heavy atom. The third-order valence-electron chi connectivity index (χ3n) is 3.21. The monoisotopic (exact) mass is 250 g/mol. The van der Waals surface area contributed by atoms with Crippen LogP contribution in [0.1, 0.15) is 38.7 Å². The number of carbonyl (C=O) groups is 2. The summed E-state index contributed by atoms with van der Waals surface area (Å²) in [5, 5.41) is 9.43. The Hall–Kier alpha value is -1.84. The molecule has 0 fully saturated rings. The highest BCUT2D eigenvalue weighted by Crippen LogP contribution is 2.34. The number of hydrogen-bond acceptors (Lipinski definition) is 3. The molecule has 0 aliphatic heterocycles. The Morgan fingerprint density at radius 1 is 1.33 bits per heavy atom. The summed E-state index contributed by atoms with van der Waals surface area (Å²) in [7, 11) is 0. The summed E-state index contributed by atoms with van der Waals surface area (Å²) in [6.07, 6.45) is 0.220. The Kier molecular flexibility index (Phi) is 4.48. The van der Waals surface area contributed by atoms with E-state index in [1.54, 1.807) is 13.8 Å². The van der Waals surface area contributed by atoms with Gasteiger partial charge in [-0.15, -0.1) is 0 Å². The minimum atomic E-state index is -1.51. The molecule has 0 bridgehead atoms. The maximum absolute atomic E-state index is 11.5. The lowest BCUT2D eigenvalue weighted by molar-refractivity contribution is -0.180. The SMILES string of the molecule is CCC(OC(C)=O)(C(=O)O)C(C)c1ccccc1. The van der Waals surface area contributed by atoms with E-state index < -0.39 is 23.5 Å². The first-order chi connectivity index (χ1) is 8.44. The van der Waals surface area contributed by atoms with Crippen molar-refractivity contribution in [2.75, 3.05) is 0 Å². The van der Waals surface area contributed by atoms with Gasteiger partial charge in [0.2, 0.25) is 5.60 Å². The molecule has 18 heavy (non-hydrogen) atoms. The van der Waals surface area contributed by atoms with Gasteiger partial charge in [-0.25, -0.2) is 4.79 Å². The van der Waals surface area contributed by atoms with Gasteiger partial charge in [0, 0.05) is 12.8 Å². The molecular formula is C14H18O4. The Labute approximate surface area is 107 Å². The summed E-state index contributed by atoms with van der Waals surface area (Å²) in [4.78, 5) is 22.7. The highest BCUT2D eigenvalue weighted by molar-refractivity contribution is 5.82. The minimum Gasteiger partial charge on any atom is -0.478 e. The highest BCUT2D eigenvalue weighted by atomic mass is 16.6. The number of rotatable bonds is 5. The van der Waals surface area contributed by atoms with E-state index in [-0.39, 0.29) is 6.42 Å². The van der Waals surface area contributed by atoms with Crippen LogP contribution in [-0.4, -0.2) is 22.6 Å². The molecule has 0 amide bonds. The number of ether oxygens (including phenoxy) is 1. The normalized spacial score (nSPS) is 15.5. The predicted octanol–water partition coefficient (Wildman–Crippen LogP) is 2.59. The minimum absolute atomic E-state index is 0.220. The summed E-state index contributed by atoms with van der Waals surface area (Å²) in [5.74, 6) is -2.11. The molecule has 0 spiro atoms. The van der Waals surface area contributed by atoms with Gasteiger partial charge >= 0.3 is 11.9 Å². The summed E-state index contributed by atoms with van der Waals surface area (Å²) < 4.78 is 5.13. The number of carboxylic acid groups (broad SMARTS) is 1. The van der Waals surface area contributed by atoms with Crippen LogP contribution in [-0.2, 0) is 14.3 Å². The van der Waals surface area contributed by atoms with E-state index >= 15 is 0 Å². The van der Waals surface area contributed by atoms with Crippen LogP contribution in [0.15, 0.2) is 30.3 Å². The molecule has 0 aliphatic carbocycles. The number of aliphatic carboxylic acids is 1. The first kappa shape index (κ1) is 14.2. The molecule has 0 radical (unpaired) electrons. The van der Waals surface area contributed by atoms with Crippen LogP contribution in [0.3, 0.4) is 0 Å². The van der Waals surface area contributed by atoms with Crippen molar-refractivity contribution in [3.05, 3.63) is 35.9 Å². The maximum atomic E-state index is 11.5. The molecule has 2 unspecified atom stereocenters. The van der Waals surface area contributed by atoms with Gasteiger partial charge in [0.15, 0.2) is 0 Å². The third-order valence-corrected chi connectivity index (χ3v) is 3.21. The van der Waals surface area contributed by atoms with E-state index in [1.807, 2.05) is 30.3 Å². The molecule has 98 valence electrons. The van der Waals surface area contributed by atoms with Crippen molar-refractivity contribution in [1.29, 1.82) is 0 Å². The van der Waals surface area contributed by atoms with Crippen molar-refractivity contribution in [2.45, 2.75) is 38.7 Å². The second kappa shape index (κ2) is 5.67. The molecule has 1 rings (SSSR count). The van der Waals surface area contributed by atoms with E-state index in [1.165, 1.54) is 6.92 Å². The summed E-state index contributed by atoms with van der Waals surface area (Å²) in [6.45, 7) is 4.69. The number of carbonyl (C=O) groups excluding carboxylic acids is 1. The average Bonchev–Trinajstić information content (AvgIpc) is 2.35. The van der Waals surface area contributed by atoms with Crippen molar-refractivity contribution >= 4 is 11.9 Å². The molecule has 4 nitrogen and oxygen atoms in total. The van der Waals surface area contributed by atoms with Crippen molar-refractivity contribution in [3.8, 4) is 0 Å². The standard InChI is InChI=1S/C14H18O4/c1-4-14(13(16)17,18-11(3)15)10(2)12-8-6-5-7-9-12/h5-10H,4H2,1-3H3,(H,16,17). The van der Waals surface area contributed by atoms with Gasteiger partial charge in [0.25, 0.3) is 0 Å². The molecule has 1 aromatic carbocycles. The number of carboxylic acids is 1. The lowest BCUT2D eigenvalue weighted by Crippen LogP contribution is -2.46. The molecular weight excluding hydrogens is 232 g/mol. The van der Waals surface area contributed by atoms with Crippen LogP contribution < -0.4 is 0 Å². The fourth-order valence-electron chi connectivity index (χ4n) is 2.11. The summed E-state index contributed by atoms with van der Waals surface area (Å²) >= 11 is 0. The third kappa shape index (κ3) is 2.70. The molecule has 2 atom stereocenters. The van der Waals surface area contributed by atoms with E-state index in [9.17, 15) is 14.7 Å². The largest absolute Gasteiger partial charge is 0.478 e. The van der Waals surface area contributed by atoms with Gasteiger partial charge in [0.05, 0.1) is 0 Å². The van der Waals surface area contributed by atoms with Gasteiger partial charge in [0.1, 0.15) is 0 Å². The lowest BCUT2D eigenvalue weighted by Gasteiger charge is -2.33. The van der Waals surface area contributed by atoms with Crippen LogP contribution in [0.5, 0.6) is 0 Å². The maximum Gasteiger partial charge on any atom is 0.348 e. The highest BCUT2D eigenvalue weighted by Gasteiger charge is 2.46. The molecule has 0 aromatic heterocycles. The van der Waals surface area contributed by atoms with Crippen LogP contribution in [0.25, 0.3) is 0 Å². The zero-order valence-corrected chi connectivity index (χ0v) is 10.8. The van der Waals surface area contributed by atoms with Gasteiger partial charge in [-0.1, -0.05) is 44.2 Å². The van der Waals surface area contributed by atoms with Crippen molar-refractivity contribution in [3.63, 3.8) is 0 Å². The lowest BCUT2D eigenvalue weighted by atomic mass is 9.81. The number of hydrogen-bond donors (Lipinski definition) is 1. The molecule has 1 aromatic rings. The van der Waals surface area contributed by atoms with Gasteiger partial charge in [-0.2, -0.15) is 0 Å². The van der Waals surface area contributed by atoms with Crippen LogP contribution in [0.4, 0.5) is 0 Å². The van der Waals surface area contributed by atoms with E-state index in [0.717, 1.165) is 5.56 Å². The smallest absolute Gasteiger partial charge is 0.348 e. The average molecular weight is 250 g/mol. The zero-order chi connectivity index (χ0) is 13.8. The molecule has 0 saturated carbocycles. The number of benzene rings is 1. The van der Waals surface area contributed by atoms with Crippen molar-refractivity contribution in [1.82, 2.24) is 0 Å². The van der Waals surface area contributed by atoms with Gasteiger partial charge < -0.3 is 9.84 Å². The second-order valence-corrected chi connectivity index (χ2v) is 4.27. The zero-order valence-electron chi connectivity index (χ0n) is 10.8.